The van der Waals surface area contributed by atoms with E-state index in [1.54, 1.807) is 0 Å². The highest BCUT2D eigenvalue weighted by atomic mass is 16.5. The molecule has 1 saturated heterocycles. The first-order valence-corrected chi connectivity index (χ1v) is 8.38. The first-order chi connectivity index (χ1) is 10.3. The minimum Gasteiger partial charge on any atom is -0.374 e. The Morgan fingerprint density at radius 1 is 1.33 bits per heavy atom. The van der Waals surface area contributed by atoms with Crippen LogP contribution in [0.15, 0.2) is 12.3 Å². The van der Waals surface area contributed by atoms with Crippen LogP contribution in [0, 0.1) is 0 Å². The van der Waals surface area contributed by atoms with Gasteiger partial charge in [0.05, 0.1) is 24.4 Å². The smallest absolute Gasteiger partial charge is 0.0826 e. The largest absolute Gasteiger partial charge is 0.374 e. The molecule has 0 aromatic carbocycles. The summed E-state index contributed by atoms with van der Waals surface area (Å²) >= 11 is 0. The van der Waals surface area contributed by atoms with E-state index in [0.29, 0.717) is 12.1 Å². The molecule has 0 spiro atoms. The molecule has 1 aromatic heterocycles. The molecular formula is C16H28N4O. The van der Waals surface area contributed by atoms with Gasteiger partial charge in [-0.2, -0.15) is 5.10 Å². The Labute approximate surface area is 127 Å². The normalized spacial score (nSPS) is 25.3. The third kappa shape index (κ3) is 4.05. The Balaban J connectivity index is 1.54. The number of nitrogens with one attached hydrogen (secondary N) is 1. The van der Waals surface area contributed by atoms with Crippen LogP contribution in [0.5, 0.6) is 0 Å². The molecule has 0 bridgehead atoms. The fourth-order valence-corrected chi connectivity index (χ4v) is 3.51. The summed E-state index contributed by atoms with van der Waals surface area (Å²) in [5, 5.41) is 8.02. The van der Waals surface area contributed by atoms with Crippen LogP contribution >= 0.6 is 0 Å². The van der Waals surface area contributed by atoms with E-state index in [9.17, 15) is 0 Å². The lowest BCUT2D eigenvalue weighted by Gasteiger charge is -2.32. The minimum absolute atomic E-state index is 0.309. The molecule has 1 unspecified atom stereocenters. The van der Waals surface area contributed by atoms with E-state index in [-0.39, 0.29) is 0 Å². The van der Waals surface area contributed by atoms with E-state index in [1.807, 2.05) is 7.05 Å². The quantitative estimate of drug-likeness (QED) is 0.899. The van der Waals surface area contributed by atoms with Crippen molar-refractivity contribution in [2.45, 2.75) is 50.8 Å². The van der Waals surface area contributed by atoms with E-state index >= 15 is 0 Å². The second-order valence-electron chi connectivity index (χ2n) is 6.36. The van der Waals surface area contributed by atoms with Crippen molar-refractivity contribution in [3.8, 4) is 0 Å². The maximum atomic E-state index is 5.76. The number of nitrogens with zero attached hydrogens (tertiary/aromatic N) is 3. The fourth-order valence-electron chi connectivity index (χ4n) is 3.51. The molecule has 2 aliphatic rings. The highest BCUT2D eigenvalue weighted by Gasteiger charge is 2.21. The zero-order valence-corrected chi connectivity index (χ0v) is 13.1. The fraction of sp³-hybridized carbons (Fsp3) is 0.812. The molecule has 2 heterocycles. The van der Waals surface area contributed by atoms with Gasteiger partial charge in [-0.1, -0.05) is 19.3 Å². The summed E-state index contributed by atoms with van der Waals surface area (Å²) in [5.74, 6) is 0. The molecule has 3 rings (SSSR count). The zero-order valence-electron chi connectivity index (χ0n) is 13.1. The average Bonchev–Trinajstić information content (AvgIpc) is 2.97. The van der Waals surface area contributed by atoms with E-state index in [4.69, 9.17) is 9.84 Å². The van der Waals surface area contributed by atoms with Gasteiger partial charge in [0.15, 0.2) is 0 Å². The maximum Gasteiger partial charge on any atom is 0.0826 e. The number of hydrogen-bond donors (Lipinski definition) is 1. The average molecular weight is 292 g/mol. The number of aromatic nitrogens is 2. The van der Waals surface area contributed by atoms with Crippen LogP contribution in [0.4, 0.5) is 0 Å². The van der Waals surface area contributed by atoms with Crippen molar-refractivity contribution in [2.24, 2.45) is 0 Å². The number of rotatable bonds is 5. The van der Waals surface area contributed by atoms with Gasteiger partial charge in [0.25, 0.3) is 0 Å². The van der Waals surface area contributed by atoms with E-state index in [0.717, 1.165) is 32.8 Å². The van der Waals surface area contributed by atoms with Gasteiger partial charge in [-0.05, 0) is 26.0 Å². The highest BCUT2D eigenvalue weighted by Crippen LogP contribution is 2.27. The summed E-state index contributed by atoms with van der Waals surface area (Å²) < 4.78 is 7.97. The molecule has 1 aromatic rings. The van der Waals surface area contributed by atoms with E-state index in [1.165, 1.54) is 37.8 Å². The number of morpholine rings is 1. The molecule has 2 fully saturated rings. The van der Waals surface area contributed by atoms with Crippen molar-refractivity contribution in [3.05, 3.63) is 18.0 Å². The molecule has 21 heavy (non-hydrogen) atoms. The van der Waals surface area contributed by atoms with E-state index in [2.05, 4.69) is 27.2 Å². The van der Waals surface area contributed by atoms with Crippen molar-refractivity contribution in [3.63, 3.8) is 0 Å². The molecule has 1 aliphatic carbocycles. The molecule has 118 valence electrons. The number of hydrogen-bond acceptors (Lipinski definition) is 4. The highest BCUT2D eigenvalue weighted by molar-refractivity contribution is 5.00. The van der Waals surface area contributed by atoms with Crippen LogP contribution in [-0.4, -0.2) is 54.1 Å². The standard InChI is InChI=1S/C16H28N4O/c1-17-11-16-13-19(9-10-21-16)12-14-7-8-20(18-14)15-5-3-2-4-6-15/h7-8,15-17H,2-6,9-13H2,1H3. The van der Waals surface area contributed by atoms with Gasteiger partial charge in [0.2, 0.25) is 0 Å². The summed E-state index contributed by atoms with van der Waals surface area (Å²) in [4.78, 5) is 2.46. The summed E-state index contributed by atoms with van der Waals surface area (Å²) in [5.41, 5.74) is 1.20. The molecule has 1 atom stereocenters. The Bertz CT molecular complexity index is 426. The number of likely N-dealkylation sites (N-methyl/N-ethyl adjacent to an activating group) is 1. The Kier molecular flexibility index (Phi) is 5.27. The Morgan fingerprint density at radius 2 is 2.19 bits per heavy atom. The predicted octanol–water partition coefficient (Wildman–Crippen LogP) is 1.81. The van der Waals surface area contributed by atoms with Gasteiger partial charge in [-0.15, -0.1) is 0 Å². The van der Waals surface area contributed by atoms with Crippen molar-refractivity contribution in [2.75, 3.05) is 33.3 Å². The SMILES string of the molecule is CNCC1CN(Cc2ccn(C3CCCCC3)n2)CCO1. The molecule has 5 heteroatoms. The van der Waals surface area contributed by atoms with Crippen molar-refractivity contribution >= 4 is 0 Å². The lowest BCUT2D eigenvalue weighted by molar-refractivity contribution is -0.0295. The van der Waals surface area contributed by atoms with Crippen LogP contribution in [-0.2, 0) is 11.3 Å². The second kappa shape index (κ2) is 7.38. The topological polar surface area (TPSA) is 42.3 Å². The van der Waals surface area contributed by atoms with Crippen molar-refractivity contribution < 1.29 is 4.74 Å². The van der Waals surface area contributed by atoms with Gasteiger partial charge in [-0.3, -0.25) is 9.58 Å². The van der Waals surface area contributed by atoms with Crippen LogP contribution in [0.1, 0.15) is 43.8 Å². The molecule has 1 N–H and O–H groups in total. The molecule has 0 radical (unpaired) electrons. The van der Waals surface area contributed by atoms with Gasteiger partial charge in [0.1, 0.15) is 0 Å². The minimum atomic E-state index is 0.309. The molecule has 1 aliphatic heterocycles. The van der Waals surface area contributed by atoms with Crippen LogP contribution in [0.25, 0.3) is 0 Å². The third-order valence-corrected chi connectivity index (χ3v) is 4.65. The summed E-state index contributed by atoms with van der Waals surface area (Å²) in [7, 11) is 1.98. The lowest BCUT2D eigenvalue weighted by atomic mass is 9.96. The zero-order chi connectivity index (χ0) is 14.5. The Hall–Kier alpha value is -0.910. The number of ether oxygens (including phenoxy) is 1. The Morgan fingerprint density at radius 3 is 3.00 bits per heavy atom. The van der Waals surface area contributed by atoms with Crippen molar-refractivity contribution in [1.29, 1.82) is 0 Å². The first kappa shape index (κ1) is 15.0. The summed E-state index contributed by atoms with van der Waals surface area (Å²) in [6.07, 6.45) is 9.18. The van der Waals surface area contributed by atoms with Gasteiger partial charge in [0, 0.05) is 32.4 Å². The molecule has 5 nitrogen and oxygen atoms in total. The van der Waals surface area contributed by atoms with Gasteiger partial charge >= 0.3 is 0 Å². The van der Waals surface area contributed by atoms with Gasteiger partial charge < -0.3 is 10.1 Å². The van der Waals surface area contributed by atoms with Gasteiger partial charge in [-0.25, -0.2) is 0 Å². The lowest BCUT2D eigenvalue weighted by Crippen LogP contribution is -2.45. The first-order valence-electron chi connectivity index (χ1n) is 8.38. The maximum absolute atomic E-state index is 5.76. The summed E-state index contributed by atoms with van der Waals surface area (Å²) in [6, 6.07) is 2.83. The third-order valence-electron chi connectivity index (χ3n) is 4.65. The monoisotopic (exact) mass is 292 g/mol. The summed E-state index contributed by atoms with van der Waals surface area (Å²) in [6.45, 7) is 4.71. The van der Waals surface area contributed by atoms with Crippen LogP contribution in [0.3, 0.4) is 0 Å². The molecule has 1 saturated carbocycles. The predicted molar refractivity (Wildman–Crippen MR) is 83.3 cm³/mol. The second-order valence-corrected chi connectivity index (χ2v) is 6.36. The van der Waals surface area contributed by atoms with E-state index < -0.39 is 0 Å². The van der Waals surface area contributed by atoms with Crippen LogP contribution in [0.2, 0.25) is 0 Å². The van der Waals surface area contributed by atoms with Crippen LogP contribution < -0.4 is 5.32 Å². The van der Waals surface area contributed by atoms with Crippen molar-refractivity contribution in [1.82, 2.24) is 20.0 Å². The molecular weight excluding hydrogens is 264 g/mol. The molecule has 0 amide bonds.